The van der Waals surface area contributed by atoms with Crippen molar-refractivity contribution in [2.45, 2.75) is 49.6 Å². The first-order chi connectivity index (χ1) is 14.9. The van der Waals surface area contributed by atoms with Crippen molar-refractivity contribution in [2.75, 3.05) is 0 Å². The first-order valence-electron chi connectivity index (χ1n) is 10.8. The largest absolute Gasteiger partial charge is 0.330 e. The Kier molecular flexibility index (Phi) is 5.42. The van der Waals surface area contributed by atoms with Gasteiger partial charge < -0.3 is 0 Å². The molecule has 0 saturated heterocycles. The summed E-state index contributed by atoms with van der Waals surface area (Å²) in [6.07, 6.45) is 5.38. The second-order valence-corrected chi connectivity index (χ2v) is 10.8. The monoisotopic (exact) mass is 457 g/mol. The summed E-state index contributed by atoms with van der Waals surface area (Å²) in [5.41, 5.74) is 0.104. The zero-order valence-electron chi connectivity index (χ0n) is 18.0. The molecule has 3 aromatic rings. The van der Waals surface area contributed by atoms with Gasteiger partial charge in [-0.2, -0.15) is 0 Å². The van der Waals surface area contributed by atoms with Gasteiger partial charge in [-0.15, -0.1) is 21.5 Å². The Labute approximate surface area is 189 Å². The van der Waals surface area contributed by atoms with Gasteiger partial charge in [-0.1, -0.05) is 24.2 Å². The molecule has 3 heterocycles. The molecule has 0 N–H and O–H groups in total. The van der Waals surface area contributed by atoms with E-state index >= 15 is 0 Å². The predicted octanol–water partition coefficient (Wildman–Crippen LogP) is 3.69. The molecule has 5 rings (SSSR count). The Balaban J connectivity index is 1.48. The Hall–Kier alpha value is -2.13. The minimum Gasteiger partial charge on any atom is -0.300 e. The van der Waals surface area contributed by atoms with E-state index < -0.39 is 0 Å². The topological polar surface area (TPSA) is 74.7 Å². The van der Waals surface area contributed by atoms with Crippen molar-refractivity contribution in [1.29, 1.82) is 0 Å². The van der Waals surface area contributed by atoms with Crippen LogP contribution in [0.2, 0.25) is 0 Å². The van der Waals surface area contributed by atoms with Crippen LogP contribution in [0.25, 0.3) is 10.7 Å². The number of thioether (sulfide) groups is 1. The fraction of sp³-hybridized carbons (Fsp3) is 0.545. The molecule has 9 heteroatoms. The van der Waals surface area contributed by atoms with Gasteiger partial charge in [0.2, 0.25) is 0 Å². The molecule has 164 valence electrons. The second-order valence-electron chi connectivity index (χ2n) is 8.90. The summed E-state index contributed by atoms with van der Waals surface area (Å²) in [6, 6.07) is 5.99. The lowest BCUT2D eigenvalue weighted by atomic mass is 9.84. The molecule has 2 aliphatic rings. The number of nitrogens with zero attached hydrogens (tertiary/aromatic N) is 5. The maximum atomic E-state index is 12.3. The highest BCUT2D eigenvalue weighted by atomic mass is 32.2. The molecule has 2 bridgehead atoms. The lowest BCUT2D eigenvalue weighted by molar-refractivity contribution is 0.235. The Bertz CT molecular complexity index is 1210. The third kappa shape index (κ3) is 3.61. The molecule has 0 aromatic carbocycles. The zero-order valence-corrected chi connectivity index (χ0v) is 19.7. The molecule has 2 saturated carbocycles. The lowest BCUT2D eigenvalue weighted by Gasteiger charge is -2.30. The molecule has 4 atom stereocenters. The average Bonchev–Trinajstić information content (AvgIpc) is 3.56. The van der Waals surface area contributed by atoms with Gasteiger partial charge >= 0.3 is 5.69 Å². The summed E-state index contributed by atoms with van der Waals surface area (Å²) in [4.78, 5) is 25.5. The molecule has 31 heavy (non-hydrogen) atoms. The van der Waals surface area contributed by atoms with Crippen LogP contribution in [0.3, 0.4) is 0 Å². The Morgan fingerprint density at radius 1 is 1.19 bits per heavy atom. The highest BCUT2D eigenvalue weighted by Gasteiger charge is 2.43. The number of rotatable bonds is 6. The lowest BCUT2D eigenvalue weighted by Crippen LogP contribution is -2.37. The summed E-state index contributed by atoms with van der Waals surface area (Å²) >= 11 is 3.23. The maximum Gasteiger partial charge on any atom is 0.330 e. The van der Waals surface area contributed by atoms with Gasteiger partial charge in [0.25, 0.3) is 5.56 Å². The van der Waals surface area contributed by atoms with Crippen LogP contribution in [0.5, 0.6) is 0 Å². The van der Waals surface area contributed by atoms with Gasteiger partial charge in [0.1, 0.15) is 0 Å². The minimum absolute atomic E-state index is 0.283. The fourth-order valence-corrected chi connectivity index (χ4v) is 7.20. The Morgan fingerprint density at radius 2 is 2.03 bits per heavy atom. The van der Waals surface area contributed by atoms with E-state index in [1.165, 1.54) is 43.4 Å². The van der Waals surface area contributed by atoms with Crippen molar-refractivity contribution in [2.24, 2.45) is 31.8 Å². The van der Waals surface area contributed by atoms with E-state index in [1.54, 1.807) is 30.1 Å². The normalized spacial score (nSPS) is 23.5. The molecule has 0 spiro atoms. The number of fused-ring (bicyclic) bond motifs is 2. The molecule has 2 fully saturated rings. The minimum atomic E-state index is -0.306. The van der Waals surface area contributed by atoms with E-state index in [4.69, 9.17) is 0 Å². The molecule has 0 radical (unpaired) electrons. The summed E-state index contributed by atoms with van der Waals surface area (Å²) in [6.45, 7) is 2.31. The highest BCUT2D eigenvalue weighted by molar-refractivity contribution is 7.98. The van der Waals surface area contributed by atoms with Gasteiger partial charge in [-0.25, -0.2) is 4.79 Å². The van der Waals surface area contributed by atoms with Crippen molar-refractivity contribution in [3.8, 4) is 10.7 Å². The molecule has 3 aromatic heterocycles. The van der Waals surface area contributed by atoms with Gasteiger partial charge in [-0.05, 0) is 55.4 Å². The van der Waals surface area contributed by atoms with Crippen molar-refractivity contribution in [3.05, 3.63) is 50.1 Å². The Morgan fingerprint density at radius 3 is 2.71 bits per heavy atom. The van der Waals surface area contributed by atoms with Crippen LogP contribution in [0, 0.1) is 17.8 Å². The van der Waals surface area contributed by atoms with Crippen LogP contribution in [0.15, 0.2) is 38.3 Å². The molecule has 4 unspecified atom stereocenters. The fourth-order valence-electron chi connectivity index (χ4n) is 5.45. The van der Waals surface area contributed by atoms with Gasteiger partial charge in [-0.3, -0.25) is 18.5 Å². The van der Waals surface area contributed by atoms with Crippen molar-refractivity contribution in [3.63, 3.8) is 0 Å². The summed E-state index contributed by atoms with van der Waals surface area (Å²) < 4.78 is 4.97. The van der Waals surface area contributed by atoms with Crippen molar-refractivity contribution < 1.29 is 0 Å². The number of hydrogen-bond acceptors (Lipinski definition) is 6. The van der Waals surface area contributed by atoms with Gasteiger partial charge in [0, 0.05) is 37.7 Å². The summed E-state index contributed by atoms with van der Waals surface area (Å²) in [5.74, 6) is 3.75. The number of thiophene rings is 1. The highest BCUT2D eigenvalue weighted by Crippen LogP contribution is 2.53. The van der Waals surface area contributed by atoms with Gasteiger partial charge in [0.15, 0.2) is 11.0 Å². The van der Waals surface area contributed by atoms with Crippen LogP contribution in [-0.4, -0.2) is 23.9 Å². The number of hydrogen-bond donors (Lipinski definition) is 0. The quantitative estimate of drug-likeness (QED) is 0.528. The van der Waals surface area contributed by atoms with E-state index in [1.807, 2.05) is 6.07 Å². The maximum absolute atomic E-state index is 12.3. The van der Waals surface area contributed by atoms with Crippen molar-refractivity contribution in [1.82, 2.24) is 23.9 Å². The van der Waals surface area contributed by atoms with E-state index in [2.05, 4.69) is 33.1 Å². The van der Waals surface area contributed by atoms with Crippen LogP contribution in [-0.2, 0) is 19.8 Å². The van der Waals surface area contributed by atoms with E-state index in [0.717, 1.165) is 32.3 Å². The van der Waals surface area contributed by atoms with Crippen LogP contribution in [0.1, 0.15) is 44.3 Å². The van der Waals surface area contributed by atoms with Gasteiger partial charge in [0.05, 0.1) is 4.88 Å². The molecular weight excluding hydrogens is 430 g/mol. The molecule has 7 nitrogen and oxygen atoms in total. The standard InChI is InChI=1S/C22H27N5O2S2/c1-13(17-10-14-6-7-15(17)9-14)27-20(18-5-4-8-30-18)23-24-21(27)31-12-16-11-19(28)26(3)22(29)25(16)2/h4-5,8,11,13-15,17H,6-7,9-10,12H2,1-3H3. The number of aromatic nitrogens is 5. The second kappa shape index (κ2) is 8.09. The summed E-state index contributed by atoms with van der Waals surface area (Å²) in [5, 5.41) is 12.0. The first kappa shape index (κ1) is 20.8. The van der Waals surface area contributed by atoms with Crippen LogP contribution in [0.4, 0.5) is 0 Å². The smallest absolute Gasteiger partial charge is 0.300 e. The molecule has 0 aliphatic heterocycles. The third-order valence-electron chi connectivity index (χ3n) is 7.20. The predicted molar refractivity (Wildman–Crippen MR) is 123 cm³/mol. The van der Waals surface area contributed by atoms with Crippen LogP contribution < -0.4 is 11.2 Å². The average molecular weight is 458 g/mol. The zero-order chi connectivity index (χ0) is 21.7. The summed E-state index contributed by atoms with van der Waals surface area (Å²) in [7, 11) is 3.21. The first-order valence-corrected chi connectivity index (χ1v) is 12.7. The van der Waals surface area contributed by atoms with E-state index in [9.17, 15) is 9.59 Å². The van der Waals surface area contributed by atoms with E-state index in [-0.39, 0.29) is 11.2 Å². The van der Waals surface area contributed by atoms with Crippen molar-refractivity contribution >= 4 is 23.1 Å². The van der Waals surface area contributed by atoms with Crippen LogP contribution >= 0.6 is 23.1 Å². The molecule has 0 amide bonds. The molecule has 2 aliphatic carbocycles. The third-order valence-corrected chi connectivity index (χ3v) is 9.04. The molecular formula is C22H27N5O2S2. The SMILES string of the molecule is CC(C1CC2CCC1C2)n1c(SCc2cc(=O)n(C)c(=O)n2C)nnc1-c1cccs1. The van der Waals surface area contributed by atoms with E-state index in [0.29, 0.717) is 23.4 Å².